The summed E-state index contributed by atoms with van der Waals surface area (Å²) in [6, 6.07) is 7.55. The lowest BCUT2D eigenvalue weighted by atomic mass is 10.0. The van der Waals surface area contributed by atoms with Gasteiger partial charge in [0.15, 0.2) is 5.65 Å². The monoisotopic (exact) mass is 382 g/mol. The number of anilines is 1. The van der Waals surface area contributed by atoms with Crippen LogP contribution in [0.25, 0.3) is 22.6 Å². The highest BCUT2D eigenvalue weighted by Gasteiger charge is 2.28. The molecule has 1 aromatic carbocycles. The zero-order chi connectivity index (χ0) is 19.0. The summed E-state index contributed by atoms with van der Waals surface area (Å²) in [5.74, 6) is 0.815. The second-order valence-electron chi connectivity index (χ2n) is 6.51. The standard InChI is InChI=1S/C19H19ClN6O/c1-2-16(27)25-9-5-6-12(11-25)26-17(13-7-3-4-8-14(13)20)23-15-10-22-19(21)24-18(15)26/h2-4,7-8,10,12H,1,5-6,9,11H2,(H2,21,22,24)/t12-/m0/s1. The second kappa shape index (κ2) is 7.00. The van der Waals surface area contributed by atoms with Crippen molar-refractivity contribution in [1.29, 1.82) is 0 Å². The molecule has 8 heteroatoms. The molecule has 0 aliphatic carbocycles. The number of carbonyl (C=O) groups is 1. The van der Waals surface area contributed by atoms with Crippen LogP contribution in [-0.2, 0) is 4.79 Å². The van der Waals surface area contributed by atoms with Crippen molar-refractivity contribution < 1.29 is 4.79 Å². The molecule has 1 amide bonds. The SMILES string of the molecule is C=CC(=O)N1CCC[C@H](n2c(-c3ccccc3Cl)nc3cnc(N)nc32)C1. The molecule has 0 bridgehead atoms. The molecule has 2 N–H and O–H groups in total. The smallest absolute Gasteiger partial charge is 0.246 e. The zero-order valence-corrected chi connectivity index (χ0v) is 15.4. The third-order valence-electron chi connectivity index (χ3n) is 4.81. The van der Waals surface area contributed by atoms with Gasteiger partial charge in [-0.2, -0.15) is 4.98 Å². The minimum atomic E-state index is -0.0717. The Bertz CT molecular complexity index is 1030. The minimum Gasteiger partial charge on any atom is -0.368 e. The largest absolute Gasteiger partial charge is 0.368 e. The number of rotatable bonds is 3. The van der Waals surface area contributed by atoms with Crippen molar-refractivity contribution in [3.05, 3.63) is 48.1 Å². The molecular weight excluding hydrogens is 364 g/mol. The van der Waals surface area contributed by atoms with Crippen LogP contribution in [0.2, 0.25) is 5.02 Å². The highest BCUT2D eigenvalue weighted by atomic mass is 35.5. The van der Waals surface area contributed by atoms with Gasteiger partial charge in [-0.05, 0) is 31.1 Å². The van der Waals surface area contributed by atoms with E-state index in [1.807, 2.05) is 28.8 Å². The fourth-order valence-electron chi connectivity index (χ4n) is 3.58. The fourth-order valence-corrected chi connectivity index (χ4v) is 3.80. The van der Waals surface area contributed by atoms with E-state index < -0.39 is 0 Å². The Morgan fingerprint density at radius 3 is 2.93 bits per heavy atom. The van der Waals surface area contributed by atoms with Crippen molar-refractivity contribution in [2.45, 2.75) is 18.9 Å². The summed E-state index contributed by atoms with van der Waals surface area (Å²) in [7, 11) is 0. The molecule has 1 atom stereocenters. The van der Waals surface area contributed by atoms with Crippen LogP contribution in [0.4, 0.5) is 5.95 Å². The Hall–Kier alpha value is -2.93. The van der Waals surface area contributed by atoms with Crippen LogP contribution in [0.3, 0.4) is 0 Å². The van der Waals surface area contributed by atoms with Gasteiger partial charge in [0.25, 0.3) is 0 Å². The number of hydrogen-bond acceptors (Lipinski definition) is 5. The second-order valence-corrected chi connectivity index (χ2v) is 6.91. The first-order valence-corrected chi connectivity index (χ1v) is 9.13. The maximum atomic E-state index is 12.1. The van der Waals surface area contributed by atoms with E-state index in [1.165, 1.54) is 6.08 Å². The number of benzene rings is 1. The Labute approximate surface area is 161 Å². The fraction of sp³-hybridized carbons (Fsp3) is 0.263. The summed E-state index contributed by atoms with van der Waals surface area (Å²) in [4.78, 5) is 27.1. The lowest BCUT2D eigenvalue weighted by Gasteiger charge is -2.33. The molecule has 0 unspecified atom stereocenters. The number of amides is 1. The van der Waals surface area contributed by atoms with E-state index in [2.05, 4.69) is 16.5 Å². The predicted octanol–water partition coefficient (Wildman–Crippen LogP) is 3.08. The Morgan fingerprint density at radius 1 is 1.33 bits per heavy atom. The van der Waals surface area contributed by atoms with Gasteiger partial charge in [0.05, 0.1) is 17.3 Å². The molecule has 4 rings (SSSR count). The van der Waals surface area contributed by atoms with Crippen LogP contribution in [-0.4, -0.2) is 43.4 Å². The molecule has 27 heavy (non-hydrogen) atoms. The number of fused-ring (bicyclic) bond motifs is 1. The molecule has 3 aromatic rings. The number of halogens is 1. The first-order valence-electron chi connectivity index (χ1n) is 8.75. The van der Waals surface area contributed by atoms with Gasteiger partial charge in [-0.1, -0.05) is 30.3 Å². The predicted molar refractivity (Wildman–Crippen MR) is 105 cm³/mol. The van der Waals surface area contributed by atoms with Crippen LogP contribution < -0.4 is 5.73 Å². The molecule has 1 aliphatic heterocycles. The number of piperidine rings is 1. The van der Waals surface area contributed by atoms with E-state index in [9.17, 15) is 4.79 Å². The lowest BCUT2D eigenvalue weighted by molar-refractivity contribution is -0.127. The third-order valence-corrected chi connectivity index (χ3v) is 5.14. The van der Waals surface area contributed by atoms with Gasteiger partial charge < -0.3 is 15.2 Å². The molecule has 0 spiro atoms. The van der Waals surface area contributed by atoms with Crippen molar-refractivity contribution in [1.82, 2.24) is 24.4 Å². The minimum absolute atomic E-state index is 0.00761. The van der Waals surface area contributed by atoms with Gasteiger partial charge in [-0.15, -0.1) is 0 Å². The lowest BCUT2D eigenvalue weighted by Crippen LogP contribution is -2.40. The van der Waals surface area contributed by atoms with Crippen LogP contribution in [0.15, 0.2) is 43.1 Å². The van der Waals surface area contributed by atoms with Gasteiger partial charge in [0.1, 0.15) is 11.3 Å². The topological polar surface area (TPSA) is 89.9 Å². The average molecular weight is 383 g/mol. The Balaban J connectivity index is 1.88. The zero-order valence-electron chi connectivity index (χ0n) is 14.7. The van der Waals surface area contributed by atoms with E-state index in [0.717, 1.165) is 18.4 Å². The van der Waals surface area contributed by atoms with Gasteiger partial charge in [-0.3, -0.25) is 4.79 Å². The van der Waals surface area contributed by atoms with Crippen molar-refractivity contribution in [3.63, 3.8) is 0 Å². The molecule has 3 heterocycles. The third kappa shape index (κ3) is 3.14. The molecule has 1 fully saturated rings. The van der Waals surface area contributed by atoms with E-state index in [-0.39, 0.29) is 17.9 Å². The van der Waals surface area contributed by atoms with Gasteiger partial charge in [0, 0.05) is 18.7 Å². The summed E-state index contributed by atoms with van der Waals surface area (Å²) >= 11 is 6.44. The molecular formula is C19H19ClN6O. The number of hydrogen-bond donors (Lipinski definition) is 1. The first-order chi connectivity index (χ1) is 13.1. The van der Waals surface area contributed by atoms with E-state index in [1.54, 1.807) is 11.1 Å². The average Bonchev–Trinajstić information content (AvgIpc) is 3.06. The summed E-state index contributed by atoms with van der Waals surface area (Å²) < 4.78 is 2.04. The maximum Gasteiger partial charge on any atom is 0.246 e. The summed E-state index contributed by atoms with van der Waals surface area (Å²) in [6.45, 7) is 4.86. The normalized spacial score (nSPS) is 17.2. The van der Waals surface area contributed by atoms with E-state index >= 15 is 0 Å². The van der Waals surface area contributed by atoms with E-state index in [0.29, 0.717) is 35.1 Å². The molecule has 0 saturated carbocycles. The molecule has 0 radical (unpaired) electrons. The molecule has 1 saturated heterocycles. The van der Waals surface area contributed by atoms with Crippen LogP contribution in [0.5, 0.6) is 0 Å². The molecule has 1 aliphatic rings. The van der Waals surface area contributed by atoms with Crippen molar-refractivity contribution >= 4 is 34.6 Å². The van der Waals surface area contributed by atoms with Crippen molar-refractivity contribution in [2.24, 2.45) is 0 Å². The first kappa shape index (κ1) is 17.5. The number of nitrogens with two attached hydrogens (primary N) is 1. The number of nitrogens with zero attached hydrogens (tertiary/aromatic N) is 5. The highest BCUT2D eigenvalue weighted by Crippen LogP contribution is 2.34. The maximum absolute atomic E-state index is 12.1. The summed E-state index contributed by atoms with van der Waals surface area (Å²) in [5.41, 5.74) is 7.93. The Morgan fingerprint density at radius 2 is 2.15 bits per heavy atom. The van der Waals surface area contributed by atoms with Crippen LogP contribution in [0, 0.1) is 0 Å². The molecule has 7 nitrogen and oxygen atoms in total. The van der Waals surface area contributed by atoms with Crippen molar-refractivity contribution in [2.75, 3.05) is 18.8 Å². The van der Waals surface area contributed by atoms with Crippen molar-refractivity contribution in [3.8, 4) is 11.4 Å². The Kier molecular flexibility index (Phi) is 4.53. The number of imidazole rings is 1. The van der Waals surface area contributed by atoms with Gasteiger partial charge in [0.2, 0.25) is 11.9 Å². The van der Waals surface area contributed by atoms with Gasteiger partial charge >= 0.3 is 0 Å². The van der Waals surface area contributed by atoms with Gasteiger partial charge in [-0.25, -0.2) is 9.97 Å². The molecule has 138 valence electrons. The van der Waals surface area contributed by atoms with Crippen LogP contribution in [0.1, 0.15) is 18.9 Å². The highest BCUT2D eigenvalue weighted by molar-refractivity contribution is 6.33. The number of likely N-dealkylation sites (tertiary alicyclic amines) is 1. The van der Waals surface area contributed by atoms with E-state index in [4.69, 9.17) is 22.3 Å². The summed E-state index contributed by atoms with van der Waals surface area (Å²) in [5, 5.41) is 0.602. The quantitative estimate of drug-likeness (QED) is 0.703. The van der Waals surface area contributed by atoms with Crippen LogP contribution >= 0.6 is 11.6 Å². The number of nitrogen functional groups attached to an aromatic ring is 1. The number of carbonyl (C=O) groups excluding carboxylic acids is 1. The number of aromatic nitrogens is 4. The summed E-state index contributed by atoms with van der Waals surface area (Å²) in [6.07, 6.45) is 4.74. The molecule has 2 aromatic heterocycles.